The van der Waals surface area contributed by atoms with Gasteiger partial charge in [-0.25, -0.2) is 0 Å². The number of ether oxygens (including phenoxy) is 2. The Hall–Kier alpha value is -2.47. The van der Waals surface area contributed by atoms with Crippen molar-refractivity contribution >= 4 is 28.9 Å². The minimum absolute atomic E-state index is 0.189. The van der Waals surface area contributed by atoms with E-state index in [2.05, 4.69) is 22.5 Å². The first-order chi connectivity index (χ1) is 12.6. The fourth-order valence-corrected chi connectivity index (χ4v) is 2.64. The van der Waals surface area contributed by atoms with E-state index in [1.54, 1.807) is 44.7 Å². The summed E-state index contributed by atoms with van der Waals surface area (Å²) >= 11 is 6.13. The molecule has 1 amide bonds. The summed E-state index contributed by atoms with van der Waals surface area (Å²) in [6.45, 7) is 2.77. The van der Waals surface area contributed by atoms with Gasteiger partial charge >= 0.3 is 0 Å². The van der Waals surface area contributed by atoms with E-state index in [4.69, 9.17) is 21.1 Å². The van der Waals surface area contributed by atoms with Crippen LogP contribution in [-0.2, 0) is 0 Å². The van der Waals surface area contributed by atoms with E-state index in [1.807, 2.05) is 0 Å². The summed E-state index contributed by atoms with van der Waals surface area (Å²) in [6.07, 6.45) is 4.75. The lowest BCUT2D eigenvalue weighted by molar-refractivity contribution is 0.0948. The predicted octanol–water partition coefficient (Wildman–Crippen LogP) is 4.42. The number of pyridine rings is 1. The van der Waals surface area contributed by atoms with Crippen LogP contribution in [0.2, 0.25) is 5.02 Å². The first-order valence-corrected chi connectivity index (χ1v) is 8.89. The highest BCUT2D eigenvalue weighted by atomic mass is 35.5. The topological polar surface area (TPSA) is 72.5 Å². The first kappa shape index (κ1) is 19.8. The molecule has 2 N–H and O–H groups in total. The number of nitrogens with one attached hydrogen (secondary N) is 2. The summed E-state index contributed by atoms with van der Waals surface area (Å²) in [4.78, 5) is 16.4. The van der Waals surface area contributed by atoms with Gasteiger partial charge in [-0.1, -0.05) is 31.4 Å². The summed E-state index contributed by atoms with van der Waals surface area (Å²) in [7, 11) is 3.11. The van der Waals surface area contributed by atoms with E-state index >= 15 is 0 Å². The molecule has 7 heteroatoms. The molecule has 0 atom stereocenters. The highest BCUT2D eigenvalue weighted by Crippen LogP contribution is 2.37. The van der Waals surface area contributed by atoms with Crippen LogP contribution in [0.4, 0.5) is 11.4 Å². The highest BCUT2D eigenvalue weighted by molar-refractivity contribution is 6.32. The Bertz CT molecular complexity index is 753. The number of halogens is 1. The van der Waals surface area contributed by atoms with E-state index in [9.17, 15) is 4.79 Å². The molecule has 0 aliphatic heterocycles. The Labute approximate surface area is 158 Å². The van der Waals surface area contributed by atoms with Crippen LogP contribution in [0.25, 0.3) is 0 Å². The van der Waals surface area contributed by atoms with Crippen molar-refractivity contribution in [1.82, 2.24) is 10.3 Å². The molecule has 1 aromatic heterocycles. The summed E-state index contributed by atoms with van der Waals surface area (Å²) in [5.74, 6) is 0.904. The molecule has 0 bridgehead atoms. The van der Waals surface area contributed by atoms with E-state index < -0.39 is 0 Å². The van der Waals surface area contributed by atoms with Gasteiger partial charge in [0.05, 0.1) is 24.9 Å². The Morgan fingerprint density at radius 3 is 2.62 bits per heavy atom. The number of rotatable bonds is 9. The van der Waals surface area contributed by atoms with Gasteiger partial charge < -0.3 is 20.1 Å². The summed E-state index contributed by atoms with van der Waals surface area (Å²) in [5, 5.41) is 6.55. The lowest BCUT2D eigenvalue weighted by atomic mass is 10.2. The number of benzene rings is 1. The number of hydrogen-bond donors (Lipinski definition) is 2. The standard InChI is InChI=1S/C19H24ClN3O3/c1-4-5-6-8-22-19(24)16-10-13(7-9-21-16)23-15-12-17(25-2)14(20)11-18(15)26-3/h7,9-12H,4-6,8H2,1-3H3,(H,21,23)(H,22,24). The monoisotopic (exact) mass is 377 g/mol. The summed E-state index contributed by atoms with van der Waals surface area (Å²) in [6, 6.07) is 6.88. The molecule has 0 fully saturated rings. The van der Waals surface area contributed by atoms with Crippen LogP contribution < -0.4 is 20.1 Å². The zero-order valence-electron chi connectivity index (χ0n) is 15.3. The van der Waals surface area contributed by atoms with Crippen LogP contribution in [0.1, 0.15) is 36.7 Å². The normalized spacial score (nSPS) is 10.3. The maximum atomic E-state index is 12.2. The van der Waals surface area contributed by atoms with Crippen LogP contribution in [0.15, 0.2) is 30.5 Å². The molecule has 0 aliphatic rings. The third-order valence-electron chi connectivity index (χ3n) is 3.81. The molecule has 0 saturated heterocycles. The van der Waals surface area contributed by atoms with Crippen LogP contribution in [0.3, 0.4) is 0 Å². The maximum Gasteiger partial charge on any atom is 0.269 e. The molecule has 2 aromatic rings. The van der Waals surface area contributed by atoms with Gasteiger partial charge in [-0.3, -0.25) is 9.78 Å². The first-order valence-electron chi connectivity index (χ1n) is 8.51. The van der Waals surface area contributed by atoms with Crippen molar-refractivity contribution in [3.05, 3.63) is 41.2 Å². The van der Waals surface area contributed by atoms with Crippen molar-refractivity contribution in [2.45, 2.75) is 26.2 Å². The molecular formula is C19H24ClN3O3. The SMILES string of the molecule is CCCCCNC(=O)c1cc(Nc2cc(OC)c(Cl)cc2OC)ccn1. The number of aromatic nitrogens is 1. The number of unbranched alkanes of at least 4 members (excludes halogenated alkanes) is 2. The predicted molar refractivity (Wildman–Crippen MR) is 104 cm³/mol. The number of amides is 1. The zero-order valence-corrected chi connectivity index (χ0v) is 16.0. The van der Waals surface area contributed by atoms with Crippen molar-refractivity contribution in [1.29, 1.82) is 0 Å². The third kappa shape index (κ3) is 5.26. The van der Waals surface area contributed by atoms with Crippen LogP contribution in [0.5, 0.6) is 11.5 Å². The van der Waals surface area contributed by atoms with Crippen LogP contribution in [0, 0.1) is 0 Å². The van der Waals surface area contributed by atoms with E-state index in [1.165, 1.54) is 0 Å². The molecule has 6 nitrogen and oxygen atoms in total. The number of hydrogen-bond acceptors (Lipinski definition) is 5. The Morgan fingerprint density at radius 2 is 1.92 bits per heavy atom. The summed E-state index contributed by atoms with van der Waals surface area (Å²) in [5.41, 5.74) is 1.74. The fourth-order valence-electron chi connectivity index (χ4n) is 2.41. The van der Waals surface area contributed by atoms with Crippen molar-refractivity contribution in [3.8, 4) is 11.5 Å². The van der Waals surface area contributed by atoms with Gasteiger partial charge in [0.2, 0.25) is 0 Å². The van der Waals surface area contributed by atoms with Gasteiger partial charge in [-0.05, 0) is 18.6 Å². The Balaban J connectivity index is 2.14. The minimum atomic E-state index is -0.189. The molecule has 2 rings (SSSR count). The molecule has 0 radical (unpaired) electrons. The van der Waals surface area contributed by atoms with Crippen molar-refractivity contribution in [2.24, 2.45) is 0 Å². The molecule has 26 heavy (non-hydrogen) atoms. The van der Waals surface area contributed by atoms with Crippen LogP contribution in [-0.4, -0.2) is 31.7 Å². The van der Waals surface area contributed by atoms with Crippen molar-refractivity contribution in [3.63, 3.8) is 0 Å². The smallest absolute Gasteiger partial charge is 0.269 e. The van der Waals surface area contributed by atoms with Crippen LogP contribution >= 0.6 is 11.6 Å². The molecule has 0 saturated carbocycles. The lowest BCUT2D eigenvalue weighted by Crippen LogP contribution is -2.25. The van der Waals surface area contributed by atoms with E-state index in [0.29, 0.717) is 40.1 Å². The Kier molecular flexibility index (Phi) is 7.53. The second-order valence-electron chi connectivity index (χ2n) is 5.70. The van der Waals surface area contributed by atoms with Crippen molar-refractivity contribution < 1.29 is 14.3 Å². The number of nitrogens with zero attached hydrogens (tertiary/aromatic N) is 1. The highest BCUT2D eigenvalue weighted by Gasteiger charge is 2.12. The van der Waals surface area contributed by atoms with Gasteiger partial charge in [-0.15, -0.1) is 0 Å². The molecule has 0 unspecified atom stereocenters. The average Bonchev–Trinajstić information content (AvgIpc) is 2.66. The van der Waals surface area contributed by atoms with Gasteiger partial charge in [0, 0.05) is 30.6 Å². The third-order valence-corrected chi connectivity index (χ3v) is 4.11. The molecule has 1 aromatic carbocycles. The molecular weight excluding hydrogens is 354 g/mol. The van der Waals surface area contributed by atoms with E-state index in [-0.39, 0.29) is 5.91 Å². The molecule has 1 heterocycles. The number of methoxy groups -OCH3 is 2. The van der Waals surface area contributed by atoms with Crippen molar-refractivity contribution in [2.75, 3.05) is 26.1 Å². The van der Waals surface area contributed by atoms with E-state index in [0.717, 1.165) is 19.3 Å². The van der Waals surface area contributed by atoms with Gasteiger partial charge in [-0.2, -0.15) is 0 Å². The quantitative estimate of drug-likeness (QED) is 0.633. The van der Waals surface area contributed by atoms with Gasteiger partial charge in [0.15, 0.2) is 0 Å². The second kappa shape index (κ2) is 9.87. The van der Waals surface area contributed by atoms with Gasteiger partial charge in [0.1, 0.15) is 17.2 Å². The Morgan fingerprint density at radius 1 is 1.15 bits per heavy atom. The lowest BCUT2D eigenvalue weighted by Gasteiger charge is -2.14. The molecule has 0 aliphatic carbocycles. The molecule has 140 valence electrons. The minimum Gasteiger partial charge on any atom is -0.495 e. The fraction of sp³-hybridized carbons (Fsp3) is 0.368. The number of carbonyl (C=O) groups excluding carboxylic acids is 1. The summed E-state index contributed by atoms with van der Waals surface area (Å²) < 4.78 is 10.6. The van der Waals surface area contributed by atoms with Gasteiger partial charge in [0.25, 0.3) is 5.91 Å². The largest absolute Gasteiger partial charge is 0.495 e. The number of carbonyl (C=O) groups is 1. The maximum absolute atomic E-state index is 12.2. The zero-order chi connectivity index (χ0) is 18.9. The average molecular weight is 378 g/mol. The number of anilines is 2. The molecule has 0 spiro atoms. The second-order valence-corrected chi connectivity index (χ2v) is 6.11.